The molecule has 0 aliphatic rings. The van der Waals surface area contributed by atoms with Crippen LogP contribution in [0.2, 0.25) is 0 Å². The van der Waals surface area contributed by atoms with E-state index in [1.54, 1.807) is 13.3 Å². The van der Waals surface area contributed by atoms with E-state index in [-0.39, 0.29) is 6.61 Å². The van der Waals surface area contributed by atoms with E-state index < -0.39 is 0 Å². The lowest BCUT2D eigenvalue weighted by molar-refractivity contribution is 0.281. The van der Waals surface area contributed by atoms with Gasteiger partial charge in [-0.05, 0) is 24.0 Å². The highest BCUT2D eigenvalue weighted by Gasteiger charge is 2.06. The number of thioether (sulfide) groups is 1. The standard InChI is InChI=1S/C14H17N3O2S/c1-19-12-5-3-10(4-6-12)7-15-13-11(9-18)8-16-14(17-13)20-2/h3-6,8,18H,7,9H2,1-2H3,(H,15,16,17). The molecule has 0 aliphatic carbocycles. The van der Waals surface area contributed by atoms with Crippen molar-refractivity contribution >= 4 is 17.6 Å². The molecule has 0 unspecified atom stereocenters. The van der Waals surface area contributed by atoms with Gasteiger partial charge in [0, 0.05) is 18.3 Å². The number of hydrogen-bond acceptors (Lipinski definition) is 6. The van der Waals surface area contributed by atoms with E-state index in [4.69, 9.17) is 4.74 Å². The van der Waals surface area contributed by atoms with Crippen molar-refractivity contribution in [2.24, 2.45) is 0 Å². The number of ether oxygens (including phenoxy) is 1. The number of methoxy groups -OCH3 is 1. The van der Waals surface area contributed by atoms with E-state index in [1.165, 1.54) is 11.8 Å². The molecule has 2 aromatic rings. The number of nitrogens with one attached hydrogen (secondary N) is 1. The van der Waals surface area contributed by atoms with E-state index in [1.807, 2.05) is 30.5 Å². The number of aliphatic hydroxyl groups is 1. The van der Waals surface area contributed by atoms with Crippen LogP contribution in [0.25, 0.3) is 0 Å². The van der Waals surface area contributed by atoms with E-state index in [2.05, 4.69) is 15.3 Å². The first-order chi connectivity index (χ1) is 9.76. The molecule has 2 N–H and O–H groups in total. The largest absolute Gasteiger partial charge is 0.497 e. The lowest BCUT2D eigenvalue weighted by Gasteiger charge is -2.10. The molecule has 0 spiro atoms. The summed E-state index contributed by atoms with van der Waals surface area (Å²) in [6.45, 7) is 0.543. The minimum atomic E-state index is -0.0837. The maximum Gasteiger partial charge on any atom is 0.189 e. The molecule has 0 aliphatic heterocycles. The third kappa shape index (κ3) is 3.61. The predicted octanol–water partition coefficient (Wildman–Crippen LogP) is 2.31. The summed E-state index contributed by atoms with van der Waals surface area (Å²) in [5, 5.41) is 13.2. The molecule has 5 nitrogen and oxygen atoms in total. The van der Waals surface area contributed by atoms with E-state index >= 15 is 0 Å². The van der Waals surface area contributed by atoms with Crippen molar-refractivity contribution in [3.63, 3.8) is 0 Å². The van der Waals surface area contributed by atoms with Crippen molar-refractivity contribution in [1.82, 2.24) is 9.97 Å². The number of hydrogen-bond donors (Lipinski definition) is 2. The van der Waals surface area contributed by atoms with Crippen molar-refractivity contribution < 1.29 is 9.84 Å². The van der Waals surface area contributed by atoms with Crippen LogP contribution in [-0.4, -0.2) is 28.4 Å². The fourth-order valence-corrected chi connectivity index (χ4v) is 2.03. The number of aliphatic hydroxyl groups excluding tert-OH is 1. The minimum Gasteiger partial charge on any atom is -0.497 e. The predicted molar refractivity (Wildman–Crippen MR) is 80.1 cm³/mol. The molecule has 0 saturated heterocycles. The molecule has 2 rings (SSSR count). The number of aromatic nitrogens is 2. The first-order valence-corrected chi connectivity index (χ1v) is 7.37. The maximum atomic E-state index is 9.30. The second-order valence-corrected chi connectivity index (χ2v) is 4.86. The molecule has 0 fully saturated rings. The monoisotopic (exact) mass is 291 g/mol. The summed E-state index contributed by atoms with van der Waals surface area (Å²) in [5.74, 6) is 1.50. The first kappa shape index (κ1) is 14.6. The van der Waals surface area contributed by atoms with Gasteiger partial charge in [-0.1, -0.05) is 23.9 Å². The molecule has 106 valence electrons. The Hall–Kier alpha value is -1.79. The molecule has 0 bridgehead atoms. The van der Waals surface area contributed by atoms with E-state index in [0.717, 1.165) is 11.3 Å². The normalized spacial score (nSPS) is 10.3. The van der Waals surface area contributed by atoms with Gasteiger partial charge < -0.3 is 15.2 Å². The van der Waals surface area contributed by atoms with Crippen LogP contribution < -0.4 is 10.1 Å². The molecule has 0 amide bonds. The Kier molecular flexibility index (Phi) is 5.20. The molecule has 1 aromatic carbocycles. The van der Waals surface area contributed by atoms with Gasteiger partial charge in [-0.3, -0.25) is 0 Å². The third-order valence-electron chi connectivity index (χ3n) is 2.81. The van der Waals surface area contributed by atoms with E-state index in [9.17, 15) is 5.11 Å². The molecule has 1 aromatic heterocycles. The average molecular weight is 291 g/mol. The fraction of sp³-hybridized carbons (Fsp3) is 0.286. The van der Waals surface area contributed by atoms with Crippen LogP contribution in [0.1, 0.15) is 11.1 Å². The highest BCUT2D eigenvalue weighted by atomic mass is 32.2. The van der Waals surface area contributed by atoms with Crippen LogP contribution in [0.4, 0.5) is 5.82 Å². The van der Waals surface area contributed by atoms with Crippen LogP contribution in [0, 0.1) is 0 Å². The summed E-state index contributed by atoms with van der Waals surface area (Å²) < 4.78 is 5.12. The molecular weight excluding hydrogens is 274 g/mol. The van der Waals surface area contributed by atoms with Gasteiger partial charge in [-0.25, -0.2) is 9.97 Å². The highest BCUT2D eigenvalue weighted by Crippen LogP contribution is 2.18. The number of anilines is 1. The Balaban J connectivity index is 2.08. The lowest BCUT2D eigenvalue weighted by atomic mass is 10.2. The second-order valence-electron chi connectivity index (χ2n) is 4.09. The van der Waals surface area contributed by atoms with Crippen LogP contribution in [-0.2, 0) is 13.2 Å². The van der Waals surface area contributed by atoms with Crippen LogP contribution >= 0.6 is 11.8 Å². The van der Waals surface area contributed by atoms with Gasteiger partial charge in [0.15, 0.2) is 5.16 Å². The summed E-state index contributed by atoms with van der Waals surface area (Å²) in [6, 6.07) is 7.80. The molecule has 0 saturated carbocycles. The van der Waals surface area contributed by atoms with Gasteiger partial charge >= 0.3 is 0 Å². The van der Waals surface area contributed by atoms with Crippen molar-refractivity contribution in [2.45, 2.75) is 18.3 Å². The molecule has 6 heteroatoms. The van der Waals surface area contributed by atoms with Crippen molar-refractivity contribution in [1.29, 1.82) is 0 Å². The summed E-state index contributed by atoms with van der Waals surface area (Å²) in [6.07, 6.45) is 3.57. The first-order valence-electron chi connectivity index (χ1n) is 6.14. The van der Waals surface area contributed by atoms with Gasteiger partial charge in [0.05, 0.1) is 13.7 Å². The Morgan fingerprint density at radius 2 is 2.05 bits per heavy atom. The van der Waals surface area contributed by atoms with Crippen LogP contribution in [0.3, 0.4) is 0 Å². The Bertz CT molecular complexity index is 561. The SMILES string of the molecule is COc1ccc(CNc2nc(SC)ncc2CO)cc1. The molecule has 0 atom stereocenters. The smallest absolute Gasteiger partial charge is 0.189 e. The van der Waals surface area contributed by atoms with Crippen molar-refractivity contribution in [2.75, 3.05) is 18.7 Å². The maximum absolute atomic E-state index is 9.30. The van der Waals surface area contributed by atoms with Crippen LogP contribution in [0.5, 0.6) is 5.75 Å². The summed E-state index contributed by atoms with van der Waals surface area (Å²) in [7, 11) is 1.64. The van der Waals surface area contributed by atoms with Gasteiger partial charge in [0.1, 0.15) is 11.6 Å². The highest BCUT2D eigenvalue weighted by molar-refractivity contribution is 7.98. The van der Waals surface area contributed by atoms with Crippen molar-refractivity contribution in [3.05, 3.63) is 41.6 Å². The lowest BCUT2D eigenvalue weighted by Crippen LogP contribution is -2.06. The van der Waals surface area contributed by atoms with Crippen LogP contribution in [0.15, 0.2) is 35.6 Å². The minimum absolute atomic E-state index is 0.0837. The van der Waals surface area contributed by atoms with Gasteiger partial charge in [-0.15, -0.1) is 0 Å². The second kappa shape index (κ2) is 7.12. The third-order valence-corrected chi connectivity index (χ3v) is 3.38. The van der Waals surface area contributed by atoms with Gasteiger partial charge in [0.2, 0.25) is 0 Å². The zero-order valence-corrected chi connectivity index (χ0v) is 12.3. The fourth-order valence-electron chi connectivity index (χ4n) is 1.69. The zero-order chi connectivity index (χ0) is 14.4. The van der Waals surface area contributed by atoms with Crippen molar-refractivity contribution in [3.8, 4) is 5.75 Å². The topological polar surface area (TPSA) is 67.3 Å². The molecule has 0 radical (unpaired) electrons. The Labute approximate surface area is 122 Å². The number of nitrogens with zero attached hydrogens (tertiary/aromatic N) is 2. The number of benzene rings is 1. The molecule has 1 heterocycles. The molecule has 20 heavy (non-hydrogen) atoms. The summed E-state index contributed by atoms with van der Waals surface area (Å²) >= 11 is 1.47. The Morgan fingerprint density at radius 3 is 2.65 bits per heavy atom. The average Bonchev–Trinajstić information content (AvgIpc) is 2.53. The number of rotatable bonds is 6. The summed E-state index contributed by atoms with van der Waals surface area (Å²) in [5.41, 5.74) is 1.80. The quantitative estimate of drug-likeness (QED) is 0.629. The van der Waals surface area contributed by atoms with E-state index in [0.29, 0.717) is 23.1 Å². The molecular formula is C14H17N3O2S. The summed E-state index contributed by atoms with van der Waals surface area (Å²) in [4.78, 5) is 8.51. The zero-order valence-electron chi connectivity index (χ0n) is 11.5. The van der Waals surface area contributed by atoms with Gasteiger partial charge in [-0.2, -0.15) is 0 Å². The Morgan fingerprint density at radius 1 is 1.30 bits per heavy atom. The van der Waals surface area contributed by atoms with Gasteiger partial charge in [0.25, 0.3) is 0 Å².